The third-order valence-corrected chi connectivity index (χ3v) is 6.97. The maximum atomic E-state index is 6.42. The Hall–Kier alpha value is -3.29. The fourth-order valence-electron chi connectivity index (χ4n) is 5.32. The Morgan fingerprint density at radius 3 is 2.37 bits per heavy atom. The molecule has 0 bridgehead atoms. The van der Waals surface area contributed by atoms with Crippen molar-refractivity contribution in [1.82, 2.24) is 4.98 Å². The van der Waals surface area contributed by atoms with E-state index in [0.717, 1.165) is 6.42 Å². The number of aromatic nitrogens is 1. The molecule has 2 heteroatoms. The molecule has 0 aliphatic heterocycles. The molecule has 0 saturated heterocycles. The van der Waals surface area contributed by atoms with Gasteiger partial charge in [0.1, 0.15) is 0 Å². The summed E-state index contributed by atoms with van der Waals surface area (Å²) in [5.41, 5.74) is 11.6. The van der Waals surface area contributed by atoms with Crippen molar-refractivity contribution in [2.45, 2.75) is 11.8 Å². The highest BCUT2D eigenvalue weighted by Gasteiger charge is 2.23. The highest BCUT2D eigenvalue weighted by molar-refractivity contribution is 6.22. The number of halogens is 1. The summed E-state index contributed by atoms with van der Waals surface area (Å²) >= 11 is 6.42. The van der Waals surface area contributed by atoms with Crippen molar-refractivity contribution in [3.05, 3.63) is 90.1 Å². The van der Waals surface area contributed by atoms with Crippen LogP contribution in [0.15, 0.2) is 78.9 Å². The van der Waals surface area contributed by atoms with E-state index in [-0.39, 0.29) is 5.38 Å². The Balaban J connectivity index is 1.49. The molecule has 1 nitrogen and oxygen atoms in total. The Kier molecular flexibility index (Phi) is 3.23. The summed E-state index contributed by atoms with van der Waals surface area (Å²) in [6.45, 7) is 0. The second kappa shape index (κ2) is 5.87. The molecule has 0 amide bonds. The third kappa shape index (κ3) is 2.13. The average molecular weight is 404 g/mol. The molecule has 7 rings (SSSR count). The first-order valence-corrected chi connectivity index (χ1v) is 10.8. The minimum atomic E-state index is 0.0652. The molecule has 2 aliphatic carbocycles. The lowest BCUT2D eigenvalue weighted by Crippen LogP contribution is -2.04. The largest absolute Gasteiger partial charge is 0.355 e. The second-order valence-corrected chi connectivity index (χ2v) is 8.85. The fourth-order valence-corrected chi connectivity index (χ4v) is 5.55. The fraction of sp³-hybridized carbons (Fsp3) is 0.0714. The minimum Gasteiger partial charge on any atom is -0.355 e. The Morgan fingerprint density at radius 2 is 1.50 bits per heavy atom. The van der Waals surface area contributed by atoms with Gasteiger partial charge in [0.05, 0.1) is 5.38 Å². The molecule has 2 aliphatic rings. The van der Waals surface area contributed by atoms with E-state index in [1.54, 1.807) is 0 Å². The van der Waals surface area contributed by atoms with Crippen molar-refractivity contribution in [2.75, 3.05) is 0 Å². The molecule has 1 N–H and O–H groups in total. The van der Waals surface area contributed by atoms with Gasteiger partial charge < -0.3 is 4.98 Å². The van der Waals surface area contributed by atoms with Crippen molar-refractivity contribution in [3.63, 3.8) is 0 Å². The number of rotatable bonds is 1. The van der Waals surface area contributed by atoms with Gasteiger partial charge in [0.2, 0.25) is 0 Å². The van der Waals surface area contributed by atoms with Gasteiger partial charge in [0.15, 0.2) is 0 Å². The molecule has 0 fully saturated rings. The summed E-state index contributed by atoms with van der Waals surface area (Å²) in [5.74, 6) is 0. The third-order valence-electron chi connectivity index (χ3n) is 6.67. The number of alkyl halides is 1. The van der Waals surface area contributed by atoms with Crippen molar-refractivity contribution in [3.8, 4) is 33.4 Å². The van der Waals surface area contributed by atoms with Crippen LogP contribution >= 0.6 is 11.6 Å². The zero-order chi connectivity index (χ0) is 19.8. The van der Waals surface area contributed by atoms with Gasteiger partial charge in [0, 0.05) is 16.6 Å². The molecule has 4 aromatic carbocycles. The molecule has 1 heterocycles. The number of H-pyrrole nitrogens is 1. The van der Waals surface area contributed by atoms with Crippen LogP contribution in [0, 0.1) is 0 Å². The summed E-state index contributed by atoms with van der Waals surface area (Å²) < 4.78 is 0. The van der Waals surface area contributed by atoms with Gasteiger partial charge in [0.25, 0.3) is 0 Å². The monoisotopic (exact) mass is 403 g/mol. The van der Waals surface area contributed by atoms with E-state index in [9.17, 15) is 0 Å². The lowest BCUT2D eigenvalue weighted by Gasteiger charge is -2.12. The van der Waals surface area contributed by atoms with E-state index in [0.29, 0.717) is 0 Å². The molecule has 0 radical (unpaired) electrons. The second-order valence-electron chi connectivity index (χ2n) is 8.29. The normalized spacial score (nSPS) is 16.2. The molecule has 0 saturated carbocycles. The van der Waals surface area contributed by atoms with Crippen molar-refractivity contribution < 1.29 is 0 Å². The van der Waals surface area contributed by atoms with Crippen molar-refractivity contribution >= 4 is 39.4 Å². The quantitative estimate of drug-likeness (QED) is 0.269. The van der Waals surface area contributed by atoms with E-state index in [1.807, 2.05) is 0 Å². The van der Waals surface area contributed by atoms with Gasteiger partial charge >= 0.3 is 0 Å². The number of nitrogens with one attached hydrogen (secondary N) is 1. The number of hydrogen-bond acceptors (Lipinski definition) is 0. The highest BCUT2D eigenvalue weighted by Crippen LogP contribution is 2.49. The molecular weight excluding hydrogens is 386 g/mol. The number of benzene rings is 4. The average Bonchev–Trinajstić information content (AvgIpc) is 3.31. The highest BCUT2D eigenvalue weighted by atomic mass is 35.5. The number of allylic oxidation sites excluding steroid dienone is 1. The van der Waals surface area contributed by atoms with E-state index in [2.05, 4.69) is 89.9 Å². The van der Waals surface area contributed by atoms with E-state index in [1.165, 1.54) is 66.3 Å². The van der Waals surface area contributed by atoms with Gasteiger partial charge in [-0.05, 0) is 74.3 Å². The molecule has 1 unspecified atom stereocenters. The summed E-state index contributed by atoms with van der Waals surface area (Å²) in [5, 5.41) is 4.04. The van der Waals surface area contributed by atoms with E-state index in [4.69, 9.17) is 11.6 Å². The number of aromatic amines is 1. The van der Waals surface area contributed by atoms with Crippen LogP contribution in [0.4, 0.5) is 0 Å². The summed E-state index contributed by atoms with van der Waals surface area (Å²) in [6, 6.07) is 26.8. The van der Waals surface area contributed by atoms with Crippen LogP contribution in [0.2, 0.25) is 0 Å². The zero-order valence-corrected chi connectivity index (χ0v) is 17.0. The van der Waals surface area contributed by atoms with Gasteiger partial charge in [-0.15, -0.1) is 11.6 Å². The molecule has 5 aromatic rings. The van der Waals surface area contributed by atoms with Gasteiger partial charge in [-0.2, -0.15) is 0 Å². The topological polar surface area (TPSA) is 15.8 Å². The molecule has 30 heavy (non-hydrogen) atoms. The van der Waals surface area contributed by atoms with Crippen LogP contribution in [0.1, 0.15) is 11.3 Å². The van der Waals surface area contributed by atoms with Crippen molar-refractivity contribution in [2.24, 2.45) is 0 Å². The van der Waals surface area contributed by atoms with Gasteiger partial charge in [-0.1, -0.05) is 66.7 Å². The standard InChI is InChI=1S/C28H18ClN/c29-17-9-13-27-25(15-17)24-14-16(8-12-26(24)30-27)18-10-11-23-20-5-2-1-4-19(20)22-7-3-6-21(18)28(22)23/h1-14,17,30H,15H2. The molecular formula is C28H18ClN. The van der Waals surface area contributed by atoms with Crippen LogP contribution in [0.25, 0.3) is 61.1 Å². The lowest BCUT2D eigenvalue weighted by molar-refractivity contribution is 1.000. The van der Waals surface area contributed by atoms with Gasteiger partial charge in [-0.3, -0.25) is 0 Å². The maximum Gasteiger partial charge on any atom is 0.0561 e. The predicted octanol–water partition coefficient (Wildman–Crippen LogP) is 7.81. The maximum absolute atomic E-state index is 6.42. The number of hydrogen-bond donors (Lipinski definition) is 1. The van der Waals surface area contributed by atoms with Crippen LogP contribution in [-0.4, -0.2) is 10.4 Å². The first-order chi connectivity index (χ1) is 14.8. The Morgan fingerprint density at radius 1 is 0.733 bits per heavy atom. The molecule has 1 atom stereocenters. The Labute approximate surface area is 179 Å². The summed E-state index contributed by atoms with van der Waals surface area (Å²) in [6.07, 6.45) is 5.06. The number of fused-ring (bicyclic) bond motifs is 6. The minimum absolute atomic E-state index is 0.0652. The first kappa shape index (κ1) is 16.5. The van der Waals surface area contributed by atoms with Crippen molar-refractivity contribution in [1.29, 1.82) is 0 Å². The lowest BCUT2D eigenvalue weighted by atomic mass is 9.93. The van der Waals surface area contributed by atoms with Crippen LogP contribution in [-0.2, 0) is 6.42 Å². The summed E-state index contributed by atoms with van der Waals surface area (Å²) in [7, 11) is 0. The van der Waals surface area contributed by atoms with Gasteiger partial charge in [-0.25, -0.2) is 0 Å². The zero-order valence-electron chi connectivity index (χ0n) is 16.2. The molecule has 142 valence electrons. The smallest absolute Gasteiger partial charge is 0.0561 e. The van der Waals surface area contributed by atoms with E-state index < -0.39 is 0 Å². The Bertz CT molecular complexity index is 1510. The first-order valence-electron chi connectivity index (χ1n) is 10.4. The SMILES string of the molecule is ClC1C=Cc2[nH]c3ccc(-c4ccc5c6c(cccc46)-c4ccccc4-5)cc3c2C1. The molecule has 1 aromatic heterocycles. The summed E-state index contributed by atoms with van der Waals surface area (Å²) in [4.78, 5) is 3.55. The van der Waals surface area contributed by atoms with Crippen LogP contribution in [0.3, 0.4) is 0 Å². The molecule has 0 spiro atoms. The van der Waals surface area contributed by atoms with Crippen LogP contribution < -0.4 is 0 Å². The van der Waals surface area contributed by atoms with E-state index >= 15 is 0 Å². The van der Waals surface area contributed by atoms with Crippen LogP contribution in [0.5, 0.6) is 0 Å². The predicted molar refractivity (Wildman–Crippen MR) is 128 cm³/mol.